The van der Waals surface area contributed by atoms with Gasteiger partial charge in [-0.2, -0.15) is 0 Å². The number of fused-ring (bicyclic) bond motifs is 1. The minimum absolute atomic E-state index is 0.157. The maximum Gasteiger partial charge on any atom is 0.367 e. The monoisotopic (exact) mass is 1530 g/mol. The number of unbranched alkanes of at least 4 members (excludes halogenated alkanes) is 25. The van der Waals surface area contributed by atoms with Gasteiger partial charge in [-0.1, -0.05) is 180 Å². The molecule has 33 nitrogen and oxygen atoms in total. The number of rotatable bonds is 49. The highest BCUT2D eigenvalue weighted by Gasteiger charge is 2.66. The van der Waals surface area contributed by atoms with Crippen molar-refractivity contribution in [3.8, 4) is 0 Å². The first-order valence-corrected chi connectivity index (χ1v) is 39.0. The molecular weight excluding hydrogens is 1400 g/mol. The summed E-state index contributed by atoms with van der Waals surface area (Å²) in [7, 11) is 0. The summed E-state index contributed by atoms with van der Waals surface area (Å²) >= 11 is 0. The molecule has 0 saturated carbocycles. The van der Waals surface area contributed by atoms with Crippen LogP contribution in [0.3, 0.4) is 0 Å². The van der Waals surface area contributed by atoms with Crippen LogP contribution in [-0.4, -0.2) is 311 Å². The van der Waals surface area contributed by atoms with E-state index >= 15 is 0 Å². The molecular formula is C73H129N3O30. The fourth-order valence-corrected chi connectivity index (χ4v) is 14.6. The third-order valence-electron chi connectivity index (χ3n) is 20.8. The van der Waals surface area contributed by atoms with Gasteiger partial charge in [0.2, 0.25) is 17.7 Å². The molecule has 27 unspecified atom stereocenters. The molecule has 6 fully saturated rings. The fraction of sp³-hybridized carbons (Fsp3) is 0.918. The highest BCUT2D eigenvalue weighted by Crippen LogP contribution is 2.45. The SMILES string of the molecule is CCCCCCCCCCCCCC=CC(O)C(COC1OC(CO)C(OC2OC(CO)C(OC3OC(CO)C(O)C(OC4OC(CO)C(O)C(O)C4O)C3NC(C)=O)C3O[C@@]4(CC(O)C(NC(C)=O)C(C(O)C(O)CO)O4)C(=O)OC23)C(O)C1O)NC(=O)CCCCCCCCCCCCCCCCC. The first kappa shape index (κ1) is 91.5. The summed E-state index contributed by atoms with van der Waals surface area (Å²) in [5.74, 6) is -6.43. The number of aliphatic hydroxyl groups is 15. The molecule has 0 aliphatic carbocycles. The predicted octanol–water partition coefficient (Wildman–Crippen LogP) is -0.562. The molecule has 0 aromatic heterocycles. The maximum atomic E-state index is 14.8. The van der Waals surface area contributed by atoms with E-state index in [2.05, 4.69) is 29.8 Å². The molecule has 106 heavy (non-hydrogen) atoms. The van der Waals surface area contributed by atoms with E-state index in [0.717, 1.165) is 65.2 Å². The number of carbonyl (C=O) groups is 4. The molecule has 18 N–H and O–H groups in total. The lowest BCUT2D eigenvalue weighted by molar-refractivity contribution is -0.421. The van der Waals surface area contributed by atoms with Crippen LogP contribution in [0.1, 0.15) is 214 Å². The van der Waals surface area contributed by atoms with Gasteiger partial charge in [0.05, 0.1) is 63.9 Å². The highest BCUT2D eigenvalue weighted by atomic mass is 16.8. The van der Waals surface area contributed by atoms with Crippen molar-refractivity contribution in [1.82, 2.24) is 16.0 Å². The quantitative estimate of drug-likeness (QED) is 0.0206. The summed E-state index contributed by atoms with van der Waals surface area (Å²) in [6.45, 7) is 0.876. The summed E-state index contributed by atoms with van der Waals surface area (Å²) in [4.78, 5) is 54.0. The van der Waals surface area contributed by atoms with Crippen LogP contribution in [-0.2, 0) is 71.3 Å². The summed E-state index contributed by atoms with van der Waals surface area (Å²) in [6.07, 6.45) is -12.7. The summed E-state index contributed by atoms with van der Waals surface area (Å²) in [5.41, 5.74) is 0. The minimum atomic E-state index is -2.91. The van der Waals surface area contributed by atoms with E-state index in [9.17, 15) is 95.8 Å². The second kappa shape index (κ2) is 47.9. The topological polar surface area (TPSA) is 509 Å². The molecule has 0 bridgehead atoms. The van der Waals surface area contributed by atoms with E-state index in [1.807, 2.05) is 6.08 Å². The van der Waals surface area contributed by atoms with E-state index < -0.39 is 235 Å². The van der Waals surface area contributed by atoms with Crippen molar-refractivity contribution in [1.29, 1.82) is 0 Å². The van der Waals surface area contributed by atoms with Crippen LogP contribution in [0, 0.1) is 0 Å². The smallest absolute Gasteiger partial charge is 0.367 e. The number of carbonyl (C=O) groups excluding carboxylic acids is 4. The van der Waals surface area contributed by atoms with Crippen molar-refractivity contribution in [3.63, 3.8) is 0 Å². The van der Waals surface area contributed by atoms with Gasteiger partial charge >= 0.3 is 5.97 Å². The van der Waals surface area contributed by atoms with Crippen molar-refractivity contribution in [2.24, 2.45) is 0 Å². The Balaban J connectivity index is 1.21. The van der Waals surface area contributed by atoms with Crippen molar-refractivity contribution in [3.05, 3.63) is 12.2 Å². The van der Waals surface area contributed by atoms with Gasteiger partial charge in [-0.05, 0) is 19.3 Å². The van der Waals surface area contributed by atoms with Crippen LogP contribution in [0.15, 0.2) is 12.2 Å². The van der Waals surface area contributed by atoms with Crippen LogP contribution in [0.2, 0.25) is 0 Å². The van der Waals surface area contributed by atoms with E-state index in [-0.39, 0.29) is 12.3 Å². The lowest BCUT2D eigenvalue weighted by atomic mass is 9.87. The van der Waals surface area contributed by atoms with Crippen LogP contribution in [0.25, 0.3) is 0 Å². The number of amides is 3. The van der Waals surface area contributed by atoms with Gasteiger partial charge in [0.1, 0.15) is 110 Å². The largest absolute Gasteiger partial charge is 0.450 e. The fourth-order valence-electron chi connectivity index (χ4n) is 14.6. The van der Waals surface area contributed by atoms with E-state index in [1.165, 1.54) is 109 Å². The van der Waals surface area contributed by atoms with Gasteiger partial charge in [0.25, 0.3) is 5.79 Å². The standard InChI is InChI=1S/C73H129N3O30/c1-5-7-9-11-13-15-17-19-20-22-24-26-28-30-32-34-52(87)76-44(45(84)33-31-29-27-25-23-21-18-16-14-12-10-8-6-2)41-96-69-61(94)59(92)62(50(39-80)99-69)101-71-67-66(106-73(72(95)104-67)35-46(85)53(74-42(3)82)65(105-73)55(88)47(86)36-77)63(51(40-81)100-71)102-68-54(75-43(4)83)64(57(90)49(38-79)97-68)103-70-60(93)58(91)56(89)48(37-78)98-70/h31,33,44-51,53-71,77-81,84-86,88-94H,5-30,32,34-41H2,1-4H3,(H,74,82)(H,75,83)(H,76,87)/t44?,45?,46?,47?,48?,49?,50?,51?,53?,54?,55?,56?,57?,58?,59?,60?,61?,62?,63?,64?,65?,66?,67?,68?,69?,70?,71?,73-/m0/s1. The number of nitrogens with one attached hydrogen (secondary N) is 3. The Morgan fingerprint density at radius 2 is 0.972 bits per heavy atom. The van der Waals surface area contributed by atoms with Crippen LogP contribution in [0.5, 0.6) is 0 Å². The molecule has 6 aliphatic heterocycles. The number of aliphatic hydroxyl groups excluding tert-OH is 15. The lowest BCUT2D eigenvalue weighted by Crippen LogP contribution is -2.75. The predicted molar refractivity (Wildman–Crippen MR) is 375 cm³/mol. The van der Waals surface area contributed by atoms with E-state index in [0.29, 0.717) is 12.8 Å². The molecule has 6 aliphatic rings. The average Bonchev–Trinajstić information content (AvgIpc) is 0.724. The zero-order valence-electron chi connectivity index (χ0n) is 62.3. The zero-order valence-corrected chi connectivity index (χ0v) is 62.3. The van der Waals surface area contributed by atoms with Gasteiger partial charge < -0.3 is 145 Å². The van der Waals surface area contributed by atoms with E-state index in [1.54, 1.807) is 6.08 Å². The third kappa shape index (κ3) is 26.9. The van der Waals surface area contributed by atoms with Gasteiger partial charge in [-0.15, -0.1) is 0 Å². The molecule has 1 spiro atoms. The second-order valence-corrected chi connectivity index (χ2v) is 29.4. The molecule has 0 aromatic rings. The Labute approximate surface area is 622 Å². The van der Waals surface area contributed by atoms with Gasteiger partial charge in [-0.3, -0.25) is 14.4 Å². The first-order chi connectivity index (χ1) is 50.9. The van der Waals surface area contributed by atoms with Crippen molar-refractivity contribution >= 4 is 23.7 Å². The summed E-state index contributed by atoms with van der Waals surface area (Å²) in [5, 5.41) is 174. The summed E-state index contributed by atoms with van der Waals surface area (Å²) < 4.78 is 67.4. The number of allylic oxidation sites excluding steroid dienone is 1. The third-order valence-corrected chi connectivity index (χ3v) is 20.8. The Morgan fingerprint density at radius 3 is 1.51 bits per heavy atom. The molecule has 33 heteroatoms. The lowest BCUT2D eigenvalue weighted by Gasteiger charge is -2.56. The zero-order chi connectivity index (χ0) is 77.5. The Bertz CT molecular complexity index is 2520. The molecule has 6 rings (SSSR count). The molecule has 28 atom stereocenters. The molecule has 3 amide bonds. The normalized spacial score (nSPS) is 35.3. The highest BCUT2D eigenvalue weighted by molar-refractivity contribution is 5.80. The molecule has 6 heterocycles. The Hall–Kier alpha value is -3.38. The van der Waals surface area contributed by atoms with Crippen LogP contribution < -0.4 is 16.0 Å². The minimum Gasteiger partial charge on any atom is -0.450 e. The van der Waals surface area contributed by atoms with Crippen LogP contribution >= 0.6 is 0 Å². The molecule has 6 saturated heterocycles. The molecule has 0 aromatic carbocycles. The van der Waals surface area contributed by atoms with Gasteiger partial charge in [0.15, 0.2) is 31.3 Å². The van der Waals surface area contributed by atoms with Gasteiger partial charge in [-0.25, -0.2) is 4.79 Å². The van der Waals surface area contributed by atoms with E-state index in [4.69, 9.17) is 52.1 Å². The van der Waals surface area contributed by atoms with Crippen LogP contribution in [0.4, 0.5) is 0 Å². The first-order valence-electron chi connectivity index (χ1n) is 39.0. The molecule has 616 valence electrons. The number of ether oxygens (including phenoxy) is 11. The summed E-state index contributed by atoms with van der Waals surface area (Å²) in [6, 6.07) is -4.52. The van der Waals surface area contributed by atoms with Crippen molar-refractivity contribution < 1.29 is 148 Å². The Morgan fingerprint density at radius 1 is 0.509 bits per heavy atom. The molecule has 0 radical (unpaired) electrons. The second-order valence-electron chi connectivity index (χ2n) is 29.4. The van der Waals surface area contributed by atoms with Gasteiger partial charge in [0, 0.05) is 26.7 Å². The maximum absolute atomic E-state index is 14.8. The Kier molecular flexibility index (Phi) is 41.3. The van der Waals surface area contributed by atoms with Crippen molar-refractivity contribution in [2.75, 3.05) is 39.6 Å². The number of hydrogen-bond donors (Lipinski definition) is 18. The number of esters is 1. The average molecular weight is 1530 g/mol. The number of hydrogen-bond acceptors (Lipinski definition) is 30. The van der Waals surface area contributed by atoms with Crippen molar-refractivity contribution in [2.45, 2.75) is 385 Å².